The van der Waals surface area contributed by atoms with Gasteiger partial charge in [-0.2, -0.15) is 5.10 Å². The van der Waals surface area contributed by atoms with Crippen molar-refractivity contribution >= 4 is 22.1 Å². The van der Waals surface area contributed by atoms with E-state index in [1.165, 1.54) is 12.3 Å². The van der Waals surface area contributed by atoms with Crippen LogP contribution in [0.15, 0.2) is 52.0 Å². The Hall–Kier alpha value is -1.88. The summed E-state index contributed by atoms with van der Waals surface area (Å²) >= 11 is 3.36. The molecule has 98 valence electrons. The molecule has 0 amide bonds. The maximum absolute atomic E-state index is 13.5. The third-order valence-electron chi connectivity index (χ3n) is 2.53. The fraction of sp³-hybridized carbons (Fsp3) is 0.0714. The number of rotatable bonds is 4. The first kappa shape index (κ1) is 13.5. The van der Waals surface area contributed by atoms with Crippen molar-refractivity contribution in [2.45, 2.75) is 6.61 Å². The van der Waals surface area contributed by atoms with E-state index in [4.69, 9.17) is 10.6 Å². The van der Waals surface area contributed by atoms with Crippen molar-refractivity contribution in [1.82, 2.24) is 0 Å². The Morgan fingerprint density at radius 2 is 2.05 bits per heavy atom. The van der Waals surface area contributed by atoms with Crippen molar-refractivity contribution < 1.29 is 9.13 Å². The van der Waals surface area contributed by atoms with E-state index in [2.05, 4.69) is 21.0 Å². The minimum atomic E-state index is -0.284. The Bertz CT molecular complexity index is 602. The van der Waals surface area contributed by atoms with Gasteiger partial charge in [0, 0.05) is 15.6 Å². The van der Waals surface area contributed by atoms with Gasteiger partial charge in [-0.3, -0.25) is 0 Å². The van der Waals surface area contributed by atoms with Crippen LogP contribution in [-0.2, 0) is 6.61 Å². The lowest BCUT2D eigenvalue weighted by Crippen LogP contribution is -2.01. The van der Waals surface area contributed by atoms with Crippen LogP contribution in [0, 0.1) is 5.82 Å². The van der Waals surface area contributed by atoms with Crippen LogP contribution in [0.3, 0.4) is 0 Å². The van der Waals surface area contributed by atoms with Gasteiger partial charge in [-0.1, -0.05) is 34.1 Å². The second-order valence-electron chi connectivity index (χ2n) is 3.84. The van der Waals surface area contributed by atoms with E-state index in [1.807, 2.05) is 12.1 Å². The number of nitrogens with zero attached hydrogens (tertiary/aromatic N) is 1. The summed E-state index contributed by atoms with van der Waals surface area (Å²) in [7, 11) is 0. The quantitative estimate of drug-likeness (QED) is 0.532. The molecular formula is C14H12BrFN2O. The third kappa shape index (κ3) is 3.54. The van der Waals surface area contributed by atoms with Gasteiger partial charge < -0.3 is 10.6 Å². The van der Waals surface area contributed by atoms with Crippen LogP contribution < -0.4 is 10.6 Å². The lowest BCUT2D eigenvalue weighted by molar-refractivity contribution is 0.299. The van der Waals surface area contributed by atoms with Crippen LogP contribution in [0.2, 0.25) is 0 Å². The van der Waals surface area contributed by atoms with E-state index in [9.17, 15) is 4.39 Å². The number of hydrogen-bond acceptors (Lipinski definition) is 3. The Balaban J connectivity index is 2.18. The number of hydrazone groups is 1. The summed E-state index contributed by atoms with van der Waals surface area (Å²) in [6, 6.07) is 11.9. The van der Waals surface area contributed by atoms with Gasteiger partial charge in [-0.15, -0.1) is 0 Å². The fourth-order valence-electron chi connectivity index (χ4n) is 1.60. The van der Waals surface area contributed by atoms with Crippen LogP contribution in [0.4, 0.5) is 4.39 Å². The van der Waals surface area contributed by atoms with Gasteiger partial charge in [0.25, 0.3) is 0 Å². The van der Waals surface area contributed by atoms with E-state index in [-0.39, 0.29) is 12.4 Å². The zero-order chi connectivity index (χ0) is 13.7. The van der Waals surface area contributed by atoms with Crippen molar-refractivity contribution in [2.24, 2.45) is 10.9 Å². The van der Waals surface area contributed by atoms with E-state index in [1.54, 1.807) is 24.3 Å². The molecule has 2 aromatic carbocycles. The summed E-state index contributed by atoms with van der Waals surface area (Å²) in [5.41, 5.74) is 1.23. The number of benzene rings is 2. The molecule has 0 heterocycles. The normalized spacial score (nSPS) is 10.8. The second-order valence-corrected chi connectivity index (χ2v) is 4.76. The molecule has 2 N–H and O–H groups in total. The molecule has 0 aromatic heterocycles. The summed E-state index contributed by atoms with van der Waals surface area (Å²) in [5, 5.41) is 3.48. The Kier molecular flexibility index (Phi) is 4.52. The maximum atomic E-state index is 13.5. The molecule has 0 radical (unpaired) electrons. The summed E-state index contributed by atoms with van der Waals surface area (Å²) in [5.74, 6) is 5.46. The fourth-order valence-corrected chi connectivity index (χ4v) is 1.98. The number of hydrogen-bond donors (Lipinski definition) is 1. The molecule has 0 aliphatic rings. The average molecular weight is 323 g/mol. The average Bonchev–Trinajstić information content (AvgIpc) is 2.40. The number of nitrogens with two attached hydrogens (primary N) is 1. The standard InChI is InChI=1S/C14H12BrFN2O/c15-12-5-6-14(11(7-12)8-18-17)19-9-10-3-1-2-4-13(10)16/h1-8H,9,17H2. The van der Waals surface area contributed by atoms with Crippen molar-refractivity contribution in [3.05, 3.63) is 63.9 Å². The van der Waals surface area contributed by atoms with Crippen LogP contribution >= 0.6 is 15.9 Å². The van der Waals surface area contributed by atoms with Gasteiger partial charge >= 0.3 is 0 Å². The van der Waals surface area contributed by atoms with E-state index >= 15 is 0 Å². The molecule has 0 atom stereocenters. The molecule has 2 rings (SSSR count). The van der Waals surface area contributed by atoms with E-state index in [0.29, 0.717) is 11.3 Å². The lowest BCUT2D eigenvalue weighted by Gasteiger charge is -2.10. The Morgan fingerprint density at radius 1 is 1.26 bits per heavy atom. The molecule has 0 aliphatic heterocycles. The summed E-state index contributed by atoms with van der Waals surface area (Å²) < 4.78 is 20.0. The van der Waals surface area contributed by atoms with Gasteiger partial charge in [0.05, 0.1) is 6.21 Å². The zero-order valence-electron chi connectivity index (χ0n) is 10.0. The highest BCUT2D eigenvalue weighted by Gasteiger charge is 2.05. The summed E-state index contributed by atoms with van der Waals surface area (Å²) in [6.45, 7) is 0.152. The lowest BCUT2D eigenvalue weighted by atomic mass is 10.2. The second kappa shape index (κ2) is 6.33. The summed E-state index contributed by atoms with van der Waals surface area (Å²) in [4.78, 5) is 0. The van der Waals surface area contributed by atoms with Crippen LogP contribution in [0.25, 0.3) is 0 Å². The molecule has 2 aromatic rings. The van der Waals surface area contributed by atoms with Crippen LogP contribution in [0.5, 0.6) is 5.75 Å². The molecule has 0 aliphatic carbocycles. The van der Waals surface area contributed by atoms with Gasteiger partial charge in [-0.05, 0) is 24.3 Å². The molecule has 0 bridgehead atoms. The first-order valence-electron chi connectivity index (χ1n) is 5.59. The third-order valence-corrected chi connectivity index (χ3v) is 3.02. The van der Waals surface area contributed by atoms with Gasteiger partial charge in [-0.25, -0.2) is 4.39 Å². The topological polar surface area (TPSA) is 47.6 Å². The maximum Gasteiger partial charge on any atom is 0.129 e. The molecule has 19 heavy (non-hydrogen) atoms. The predicted octanol–water partition coefficient (Wildman–Crippen LogP) is 3.46. The van der Waals surface area contributed by atoms with E-state index in [0.717, 1.165) is 10.0 Å². The molecule has 5 heteroatoms. The molecule has 3 nitrogen and oxygen atoms in total. The van der Waals surface area contributed by atoms with Crippen LogP contribution in [0.1, 0.15) is 11.1 Å². The highest BCUT2D eigenvalue weighted by molar-refractivity contribution is 9.10. The minimum absolute atomic E-state index is 0.152. The first-order valence-corrected chi connectivity index (χ1v) is 6.39. The van der Waals surface area contributed by atoms with Crippen molar-refractivity contribution in [3.63, 3.8) is 0 Å². The predicted molar refractivity (Wildman–Crippen MR) is 76.7 cm³/mol. The van der Waals surface area contributed by atoms with Crippen molar-refractivity contribution in [3.8, 4) is 5.75 Å². The molecule has 0 unspecified atom stereocenters. The number of halogens is 2. The van der Waals surface area contributed by atoms with Crippen LogP contribution in [-0.4, -0.2) is 6.21 Å². The van der Waals surface area contributed by atoms with E-state index < -0.39 is 0 Å². The largest absolute Gasteiger partial charge is 0.488 e. The molecule has 0 spiro atoms. The van der Waals surface area contributed by atoms with Gasteiger partial charge in [0.15, 0.2) is 0 Å². The highest BCUT2D eigenvalue weighted by Crippen LogP contribution is 2.23. The molecular weight excluding hydrogens is 311 g/mol. The van der Waals surface area contributed by atoms with Gasteiger partial charge in [0.2, 0.25) is 0 Å². The van der Waals surface area contributed by atoms with Crippen molar-refractivity contribution in [2.75, 3.05) is 0 Å². The Morgan fingerprint density at radius 3 is 2.79 bits per heavy atom. The number of ether oxygens (including phenoxy) is 1. The molecule has 0 saturated carbocycles. The van der Waals surface area contributed by atoms with Gasteiger partial charge in [0.1, 0.15) is 18.2 Å². The smallest absolute Gasteiger partial charge is 0.129 e. The minimum Gasteiger partial charge on any atom is -0.488 e. The molecule has 0 saturated heterocycles. The molecule has 0 fully saturated rings. The van der Waals surface area contributed by atoms with Crippen molar-refractivity contribution in [1.29, 1.82) is 0 Å². The monoisotopic (exact) mass is 322 g/mol. The first-order chi connectivity index (χ1) is 9.20. The summed E-state index contributed by atoms with van der Waals surface area (Å²) in [6.07, 6.45) is 1.49. The highest BCUT2D eigenvalue weighted by atomic mass is 79.9. The Labute approximate surface area is 119 Å². The SMILES string of the molecule is NN=Cc1cc(Br)ccc1OCc1ccccc1F. The zero-order valence-corrected chi connectivity index (χ0v) is 11.6.